The Morgan fingerprint density at radius 2 is 2.33 bits per heavy atom. The van der Waals surface area contributed by atoms with Crippen LogP contribution in [0.2, 0.25) is 0 Å². The van der Waals surface area contributed by atoms with Gasteiger partial charge in [-0.2, -0.15) is 0 Å². The second kappa shape index (κ2) is 3.42. The highest BCUT2D eigenvalue weighted by Gasteiger charge is 2.29. The van der Waals surface area contributed by atoms with Crippen LogP contribution in [-0.4, -0.2) is 5.78 Å². The molecule has 0 amide bonds. The molecule has 0 fully saturated rings. The molecule has 1 rings (SSSR count). The van der Waals surface area contributed by atoms with Crippen LogP contribution >= 0.6 is 0 Å². The van der Waals surface area contributed by atoms with Gasteiger partial charge < -0.3 is 4.79 Å². The molecular formula is C11H18O. The molecule has 0 aromatic rings. The molecule has 1 atom stereocenters. The summed E-state index contributed by atoms with van der Waals surface area (Å²) in [5.41, 5.74) is 1.80. The molecule has 0 N–H and O–H groups in total. The summed E-state index contributed by atoms with van der Waals surface area (Å²) in [6, 6.07) is 0. The van der Waals surface area contributed by atoms with E-state index < -0.39 is 0 Å². The molecule has 1 unspecified atom stereocenters. The monoisotopic (exact) mass is 166 g/mol. The van der Waals surface area contributed by atoms with Crippen LogP contribution in [0.1, 0.15) is 46.5 Å². The van der Waals surface area contributed by atoms with Gasteiger partial charge >= 0.3 is 0 Å². The number of allylic oxidation sites excluding steroid dienone is 2. The second-order valence-corrected chi connectivity index (χ2v) is 4.19. The minimum Gasteiger partial charge on any atom is -0.300 e. The average Bonchev–Trinajstić information content (AvgIpc) is 2.30. The lowest BCUT2D eigenvalue weighted by Crippen LogP contribution is -2.15. The van der Waals surface area contributed by atoms with Crippen LogP contribution in [0.3, 0.4) is 0 Å². The Bertz CT molecular complexity index is 215. The molecule has 68 valence electrons. The van der Waals surface area contributed by atoms with Gasteiger partial charge in [0.1, 0.15) is 5.78 Å². The molecule has 0 aromatic heterocycles. The van der Waals surface area contributed by atoms with Crippen molar-refractivity contribution in [1.29, 1.82) is 0 Å². The Kier molecular flexibility index (Phi) is 2.71. The zero-order chi connectivity index (χ0) is 9.19. The van der Waals surface area contributed by atoms with Gasteiger partial charge in [0, 0.05) is 6.42 Å². The van der Waals surface area contributed by atoms with E-state index in [0.717, 1.165) is 12.8 Å². The topological polar surface area (TPSA) is 17.1 Å². The summed E-state index contributed by atoms with van der Waals surface area (Å²) in [5.74, 6) is 0.316. The molecule has 0 radical (unpaired) electrons. The quantitative estimate of drug-likeness (QED) is 0.589. The van der Waals surface area contributed by atoms with Gasteiger partial charge in [-0.3, -0.25) is 0 Å². The molecule has 1 heteroatoms. The number of Topliss-reactive ketones (excluding diaryl/α,β-unsaturated/α-hetero) is 1. The van der Waals surface area contributed by atoms with Crippen LogP contribution in [0.25, 0.3) is 0 Å². The molecule has 0 saturated heterocycles. The van der Waals surface area contributed by atoms with Gasteiger partial charge in [-0.05, 0) is 38.5 Å². The van der Waals surface area contributed by atoms with Crippen molar-refractivity contribution < 1.29 is 4.79 Å². The first-order valence-electron chi connectivity index (χ1n) is 4.71. The molecule has 0 heterocycles. The van der Waals surface area contributed by atoms with Gasteiger partial charge in [0.05, 0.1) is 0 Å². The van der Waals surface area contributed by atoms with E-state index in [2.05, 4.69) is 19.9 Å². The number of hydrogen-bond acceptors (Lipinski definition) is 1. The lowest BCUT2D eigenvalue weighted by Gasteiger charge is -2.25. The summed E-state index contributed by atoms with van der Waals surface area (Å²) in [5, 5.41) is 0. The van der Waals surface area contributed by atoms with E-state index in [9.17, 15) is 4.79 Å². The van der Waals surface area contributed by atoms with E-state index in [-0.39, 0.29) is 0 Å². The highest BCUT2D eigenvalue weighted by molar-refractivity contribution is 5.75. The molecule has 0 saturated carbocycles. The van der Waals surface area contributed by atoms with Crippen LogP contribution in [0.5, 0.6) is 0 Å². The van der Waals surface area contributed by atoms with Crippen molar-refractivity contribution >= 4 is 5.78 Å². The molecule has 12 heavy (non-hydrogen) atoms. The van der Waals surface area contributed by atoms with E-state index >= 15 is 0 Å². The van der Waals surface area contributed by atoms with Crippen LogP contribution < -0.4 is 0 Å². The van der Waals surface area contributed by atoms with Crippen molar-refractivity contribution in [3.05, 3.63) is 11.6 Å². The zero-order valence-corrected chi connectivity index (χ0v) is 8.31. The Morgan fingerprint density at radius 3 is 2.75 bits per heavy atom. The molecule has 1 aliphatic rings. The third-order valence-corrected chi connectivity index (χ3v) is 3.13. The Balaban J connectivity index is 2.50. The largest absolute Gasteiger partial charge is 0.300 e. The molecular weight excluding hydrogens is 148 g/mol. The van der Waals surface area contributed by atoms with Crippen molar-refractivity contribution in [3.8, 4) is 0 Å². The predicted octanol–water partition coefficient (Wildman–Crippen LogP) is 3.10. The summed E-state index contributed by atoms with van der Waals surface area (Å²) in [7, 11) is 0. The fourth-order valence-electron chi connectivity index (χ4n) is 1.82. The maximum absolute atomic E-state index is 10.8. The summed E-state index contributed by atoms with van der Waals surface area (Å²) in [4.78, 5) is 10.8. The zero-order valence-electron chi connectivity index (χ0n) is 8.31. The Morgan fingerprint density at radius 1 is 1.67 bits per heavy atom. The summed E-state index contributed by atoms with van der Waals surface area (Å²) < 4.78 is 0. The SMILES string of the molecule is CC(=O)CCC1(C)CCC=C1C. The highest BCUT2D eigenvalue weighted by Crippen LogP contribution is 2.41. The molecule has 1 aliphatic carbocycles. The number of rotatable bonds is 3. The Labute approximate surface area is 74.9 Å². The van der Waals surface area contributed by atoms with E-state index in [1.165, 1.54) is 18.4 Å². The fraction of sp³-hybridized carbons (Fsp3) is 0.727. The summed E-state index contributed by atoms with van der Waals surface area (Å²) in [6.45, 7) is 6.14. The van der Waals surface area contributed by atoms with Gasteiger partial charge in [0.15, 0.2) is 0 Å². The number of hydrogen-bond donors (Lipinski definition) is 0. The minimum atomic E-state index is 0.316. The Hall–Kier alpha value is -0.590. The fourth-order valence-corrected chi connectivity index (χ4v) is 1.82. The van der Waals surface area contributed by atoms with Gasteiger partial charge in [0.2, 0.25) is 0 Å². The maximum atomic E-state index is 10.8. The van der Waals surface area contributed by atoms with Crippen LogP contribution in [0, 0.1) is 5.41 Å². The van der Waals surface area contributed by atoms with E-state index in [1.807, 2.05) is 0 Å². The first-order valence-corrected chi connectivity index (χ1v) is 4.71. The van der Waals surface area contributed by atoms with Crippen LogP contribution in [0.4, 0.5) is 0 Å². The van der Waals surface area contributed by atoms with Gasteiger partial charge in [-0.25, -0.2) is 0 Å². The molecule has 0 aromatic carbocycles. The molecule has 0 spiro atoms. The van der Waals surface area contributed by atoms with Gasteiger partial charge in [0.25, 0.3) is 0 Å². The van der Waals surface area contributed by atoms with Crippen molar-refractivity contribution in [2.45, 2.75) is 46.5 Å². The highest BCUT2D eigenvalue weighted by atomic mass is 16.1. The minimum absolute atomic E-state index is 0.316. The number of carbonyl (C=O) groups excluding carboxylic acids is 1. The maximum Gasteiger partial charge on any atom is 0.129 e. The van der Waals surface area contributed by atoms with Crippen molar-refractivity contribution in [2.24, 2.45) is 5.41 Å². The predicted molar refractivity (Wildman–Crippen MR) is 51.0 cm³/mol. The standard InChI is InChI=1S/C11H18O/c1-9-5-4-7-11(9,3)8-6-10(2)12/h5H,4,6-8H2,1-3H3. The van der Waals surface area contributed by atoms with E-state index in [0.29, 0.717) is 11.2 Å². The van der Waals surface area contributed by atoms with Crippen molar-refractivity contribution in [2.75, 3.05) is 0 Å². The van der Waals surface area contributed by atoms with Crippen molar-refractivity contribution in [1.82, 2.24) is 0 Å². The van der Waals surface area contributed by atoms with Crippen LogP contribution in [-0.2, 0) is 4.79 Å². The normalized spacial score (nSPS) is 28.8. The lowest BCUT2D eigenvalue weighted by atomic mass is 9.79. The third kappa shape index (κ3) is 1.96. The smallest absolute Gasteiger partial charge is 0.129 e. The van der Waals surface area contributed by atoms with Gasteiger partial charge in [-0.15, -0.1) is 0 Å². The molecule has 1 nitrogen and oxygen atoms in total. The van der Waals surface area contributed by atoms with Crippen molar-refractivity contribution in [3.63, 3.8) is 0 Å². The van der Waals surface area contributed by atoms with E-state index in [1.54, 1.807) is 6.92 Å². The summed E-state index contributed by atoms with van der Waals surface area (Å²) >= 11 is 0. The second-order valence-electron chi connectivity index (χ2n) is 4.19. The van der Waals surface area contributed by atoms with Gasteiger partial charge in [-0.1, -0.05) is 18.6 Å². The first kappa shape index (κ1) is 9.50. The lowest BCUT2D eigenvalue weighted by molar-refractivity contribution is -0.117. The summed E-state index contributed by atoms with van der Waals surface area (Å²) in [6.07, 6.45) is 6.50. The van der Waals surface area contributed by atoms with E-state index in [4.69, 9.17) is 0 Å². The van der Waals surface area contributed by atoms with Crippen LogP contribution in [0.15, 0.2) is 11.6 Å². The first-order chi connectivity index (χ1) is 5.54. The third-order valence-electron chi connectivity index (χ3n) is 3.13. The number of carbonyl (C=O) groups is 1. The average molecular weight is 166 g/mol. The molecule has 0 aliphatic heterocycles. The molecule has 0 bridgehead atoms. The number of ketones is 1.